The van der Waals surface area contributed by atoms with E-state index in [2.05, 4.69) is 20.2 Å². The SMILES string of the molecule is CC(C)OP(=O)(CO[C@H](C)Cn1nc2ncnc-2c(N)n1)OC(C)C. The zero-order valence-corrected chi connectivity index (χ0v) is 16.0. The fourth-order valence-electron chi connectivity index (χ4n) is 2.13. The Bertz CT molecular complexity index is 693. The van der Waals surface area contributed by atoms with Crippen molar-refractivity contribution in [2.75, 3.05) is 12.1 Å². The summed E-state index contributed by atoms with van der Waals surface area (Å²) in [6, 6.07) is 0. The first kappa shape index (κ1) is 19.7. The maximum absolute atomic E-state index is 12.7. The monoisotopic (exact) mass is 372 g/mol. The van der Waals surface area contributed by atoms with Crippen molar-refractivity contribution in [2.45, 2.75) is 59.5 Å². The van der Waals surface area contributed by atoms with Crippen LogP contribution in [0.1, 0.15) is 34.6 Å². The number of rotatable bonds is 9. The van der Waals surface area contributed by atoms with Crippen molar-refractivity contribution in [2.24, 2.45) is 0 Å². The molecule has 0 amide bonds. The summed E-state index contributed by atoms with van der Waals surface area (Å²) in [7, 11) is -3.35. The van der Waals surface area contributed by atoms with Crippen LogP contribution in [0.15, 0.2) is 6.33 Å². The number of nitrogens with zero attached hydrogens (tertiary/aromatic N) is 5. The first-order valence-electron chi connectivity index (χ1n) is 8.07. The number of hydrogen-bond acceptors (Lipinski definition) is 9. The molecule has 2 heterocycles. The molecule has 25 heavy (non-hydrogen) atoms. The van der Waals surface area contributed by atoms with E-state index in [1.54, 1.807) is 27.7 Å². The quantitative estimate of drug-likeness (QED) is 0.658. The molecule has 0 saturated carbocycles. The van der Waals surface area contributed by atoms with E-state index in [9.17, 15) is 4.57 Å². The third kappa shape index (κ3) is 5.71. The van der Waals surface area contributed by atoms with Crippen molar-refractivity contribution < 1.29 is 18.3 Å². The summed E-state index contributed by atoms with van der Waals surface area (Å²) in [6.45, 7) is 9.29. The Kier molecular flexibility index (Phi) is 6.45. The summed E-state index contributed by atoms with van der Waals surface area (Å²) in [5.41, 5.74) is 6.29. The summed E-state index contributed by atoms with van der Waals surface area (Å²) in [4.78, 5) is 9.38. The first-order valence-corrected chi connectivity index (χ1v) is 9.80. The van der Waals surface area contributed by atoms with Gasteiger partial charge in [-0.2, -0.15) is 4.80 Å². The molecule has 11 heteroatoms. The van der Waals surface area contributed by atoms with Crippen LogP contribution in [0.5, 0.6) is 0 Å². The normalized spacial score (nSPS) is 13.9. The lowest BCUT2D eigenvalue weighted by atomic mass is 10.4. The van der Waals surface area contributed by atoms with Crippen molar-refractivity contribution in [1.29, 1.82) is 0 Å². The van der Waals surface area contributed by atoms with Gasteiger partial charge in [0, 0.05) is 0 Å². The molecular formula is C14H25N6O4P. The molecule has 10 nitrogen and oxygen atoms in total. The largest absolute Gasteiger partial charge is 0.380 e. The van der Waals surface area contributed by atoms with E-state index in [0.29, 0.717) is 18.1 Å². The Hall–Kier alpha value is -1.61. The molecule has 0 radical (unpaired) electrons. The molecule has 1 atom stereocenters. The van der Waals surface area contributed by atoms with Gasteiger partial charge in [0.05, 0.1) is 24.9 Å². The van der Waals surface area contributed by atoms with Gasteiger partial charge in [-0.1, -0.05) is 0 Å². The van der Waals surface area contributed by atoms with E-state index in [4.69, 9.17) is 19.5 Å². The lowest BCUT2D eigenvalue weighted by molar-refractivity contribution is 0.0499. The molecule has 0 aliphatic carbocycles. The first-order chi connectivity index (χ1) is 11.7. The molecule has 0 saturated heterocycles. The minimum atomic E-state index is -3.35. The van der Waals surface area contributed by atoms with Crippen LogP contribution in [0, 0.1) is 0 Å². The van der Waals surface area contributed by atoms with Crippen LogP contribution in [0.25, 0.3) is 11.5 Å². The van der Waals surface area contributed by atoms with Gasteiger partial charge in [0.1, 0.15) is 12.7 Å². The number of anilines is 1. The second-order valence-electron chi connectivity index (χ2n) is 6.21. The molecular weight excluding hydrogens is 347 g/mol. The van der Waals surface area contributed by atoms with E-state index in [1.807, 2.05) is 6.92 Å². The summed E-state index contributed by atoms with van der Waals surface area (Å²) in [6.07, 6.45) is 0.408. The Labute approximate surface area is 146 Å². The van der Waals surface area contributed by atoms with Gasteiger partial charge in [-0.05, 0) is 34.6 Å². The van der Waals surface area contributed by atoms with Crippen LogP contribution in [0.4, 0.5) is 5.82 Å². The number of ether oxygens (including phenoxy) is 1. The molecule has 0 aromatic carbocycles. The van der Waals surface area contributed by atoms with Gasteiger partial charge in [0.2, 0.25) is 5.82 Å². The average Bonchev–Trinajstić information content (AvgIpc) is 2.92. The molecule has 2 N–H and O–H groups in total. The molecule has 2 aliphatic rings. The Morgan fingerprint density at radius 3 is 2.36 bits per heavy atom. The average molecular weight is 372 g/mol. The van der Waals surface area contributed by atoms with Gasteiger partial charge < -0.3 is 19.5 Å². The van der Waals surface area contributed by atoms with Crippen LogP contribution in [0.3, 0.4) is 0 Å². The van der Waals surface area contributed by atoms with Gasteiger partial charge in [0.15, 0.2) is 11.5 Å². The van der Waals surface area contributed by atoms with Crippen molar-refractivity contribution in [3.8, 4) is 11.5 Å². The zero-order valence-electron chi connectivity index (χ0n) is 15.1. The predicted molar refractivity (Wildman–Crippen MR) is 92.1 cm³/mol. The van der Waals surface area contributed by atoms with Crippen LogP contribution < -0.4 is 5.73 Å². The van der Waals surface area contributed by atoms with E-state index < -0.39 is 7.60 Å². The molecule has 0 aromatic rings. The molecule has 0 aromatic heterocycles. The van der Waals surface area contributed by atoms with Crippen LogP contribution in [-0.4, -0.2) is 49.6 Å². The van der Waals surface area contributed by atoms with E-state index in [1.165, 1.54) is 11.1 Å². The predicted octanol–water partition coefficient (Wildman–Crippen LogP) is 2.16. The molecule has 140 valence electrons. The van der Waals surface area contributed by atoms with Crippen LogP contribution in [-0.2, 0) is 24.9 Å². The molecule has 0 bridgehead atoms. The highest BCUT2D eigenvalue weighted by molar-refractivity contribution is 7.53. The summed E-state index contributed by atoms with van der Waals surface area (Å²) >= 11 is 0. The Balaban J connectivity index is 1.99. The van der Waals surface area contributed by atoms with Crippen LogP contribution >= 0.6 is 7.60 Å². The third-order valence-electron chi connectivity index (χ3n) is 2.94. The maximum Gasteiger partial charge on any atom is 0.356 e. The lowest BCUT2D eigenvalue weighted by Crippen LogP contribution is -2.23. The number of hydrogen-bond donors (Lipinski definition) is 1. The van der Waals surface area contributed by atoms with E-state index in [-0.39, 0.29) is 30.5 Å². The van der Waals surface area contributed by atoms with Gasteiger partial charge >= 0.3 is 7.60 Å². The summed E-state index contributed by atoms with van der Waals surface area (Å²) in [5, 5.41) is 8.34. The van der Waals surface area contributed by atoms with Crippen molar-refractivity contribution >= 4 is 13.4 Å². The Morgan fingerprint density at radius 2 is 1.76 bits per heavy atom. The molecule has 2 aliphatic heterocycles. The number of nitrogen functional groups attached to an aromatic ring is 1. The van der Waals surface area contributed by atoms with Crippen LogP contribution in [0.2, 0.25) is 0 Å². The van der Waals surface area contributed by atoms with Crippen molar-refractivity contribution in [3.63, 3.8) is 0 Å². The number of nitrogens with two attached hydrogens (primary N) is 1. The fourth-order valence-corrected chi connectivity index (χ4v) is 4.02. The molecule has 2 rings (SSSR count). The summed E-state index contributed by atoms with van der Waals surface area (Å²) in [5.74, 6) is 0.656. The summed E-state index contributed by atoms with van der Waals surface area (Å²) < 4.78 is 29.3. The topological polar surface area (TPSA) is 127 Å². The zero-order chi connectivity index (χ0) is 18.6. The minimum absolute atomic E-state index is 0.154. The highest BCUT2D eigenvalue weighted by Crippen LogP contribution is 2.50. The maximum atomic E-state index is 12.7. The standard InChI is InChI=1S/C14H25N6O4P/c1-9(2)23-25(21,24-10(3)4)8-22-11(5)6-20-18-13(15)12-14(19-20)17-7-16-12/h7,9-11H,6,8H2,1-5H3,(H2,15,18)/t11-/m1/s1. The second kappa shape index (κ2) is 8.18. The van der Waals surface area contributed by atoms with Crippen molar-refractivity contribution in [1.82, 2.24) is 25.0 Å². The third-order valence-corrected chi connectivity index (χ3v) is 4.89. The smallest absolute Gasteiger partial charge is 0.356 e. The van der Waals surface area contributed by atoms with Gasteiger partial charge in [-0.3, -0.25) is 4.57 Å². The van der Waals surface area contributed by atoms with Gasteiger partial charge in [-0.25, -0.2) is 9.97 Å². The number of imidazole rings is 1. The fraction of sp³-hybridized carbons (Fsp3) is 0.714. The second-order valence-corrected chi connectivity index (χ2v) is 8.11. The van der Waals surface area contributed by atoms with Crippen molar-refractivity contribution in [3.05, 3.63) is 6.33 Å². The number of fused-ring (bicyclic) bond motifs is 1. The molecule has 0 spiro atoms. The minimum Gasteiger partial charge on any atom is -0.380 e. The van der Waals surface area contributed by atoms with Gasteiger partial charge in [-0.15, -0.1) is 10.2 Å². The Morgan fingerprint density at radius 1 is 1.12 bits per heavy atom. The highest BCUT2D eigenvalue weighted by atomic mass is 31.2. The highest BCUT2D eigenvalue weighted by Gasteiger charge is 2.29. The van der Waals surface area contributed by atoms with E-state index >= 15 is 0 Å². The molecule has 0 unspecified atom stereocenters. The van der Waals surface area contributed by atoms with Gasteiger partial charge in [0.25, 0.3) is 0 Å². The lowest BCUT2D eigenvalue weighted by Gasteiger charge is -2.24. The molecule has 0 fully saturated rings. The van der Waals surface area contributed by atoms with E-state index in [0.717, 1.165) is 0 Å². The number of aromatic nitrogens is 5.